The van der Waals surface area contributed by atoms with Crippen LogP contribution in [0.5, 0.6) is 0 Å². The highest BCUT2D eigenvalue weighted by molar-refractivity contribution is 5.89. The van der Waals surface area contributed by atoms with Crippen LogP contribution in [0.25, 0.3) is 0 Å². The number of hydrogen-bond acceptors (Lipinski definition) is 2. The minimum Gasteiger partial charge on any atom is -0.462 e. The molecule has 0 saturated carbocycles. The van der Waals surface area contributed by atoms with Crippen molar-refractivity contribution in [2.45, 2.75) is 65.7 Å². The summed E-state index contributed by atoms with van der Waals surface area (Å²) < 4.78 is 5.36. The number of carbonyl (C=O) groups is 1. The predicted molar refractivity (Wildman–Crippen MR) is 88.6 cm³/mol. The number of hydrogen-bond donors (Lipinski definition) is 0. The normalized spacial score (nSPS) is 12.1. The van der Waals surface area contributed by atoms with Crippen LogP contribution in [0, 0.1) is 5.92 Å². The Balaban J connectivity index is 2.36. The average molecular weight is 290 g/mol. The summed E-state index contributed by atoms with van der Waals surface area (Å²) in [5, 5.41) is 0. The molecule has 0 aliphatic carbocycles. The third kappa shape index (κ3) is 7.31. The Hall–Kier alpha value is -1.31. The second-order valence-corrected chi connectivity index (χ2v) is 6.00. The van der Waals surface area contributed by atoms with Crippen molar-refractivity contribution in [3.8, 4) is 0 Å². The lowest BCUT2D eigenvalue weighted by Gasteiger charge is -2.11. The second-order valence-electron chi connectivity index (χ2n) is 6.00. The van der Waals surface area contributed by atoms with Crippen LogP contribution >= 0.6 is 0 Å². The van der Waals surface area contributed by atoms with Crippen LogP contribution in [-0.4, -0.2) is 12.6 Å². The lowest BCUT2D eigenvalue weighted by atomic mass is 10.0. The molecule has 0 saturated heterocycles. The van der Waals surface area contributed by atoms with Gasteiger partial charge < -0.3 is 4.74 Å². The molecule has 1 aromatic carbocycles. The number of esters is 1. The van der Waals surface area contributed by atoms with E-state index in [2.05, 4.69) is 32.9 Å². The van der Waals surface area contributed by atoms with E-state index < -0.39 is 0 Å². The molecule has 1 atom stereocenters. The zero-order chi connectivity index (χ0) is 15.5. The van der Waals surface area contributed by atoms with E-state index in [0.717, 1.165) is 19.3 Å². The van der Waals surface area contributed by atoms with Gasteiger partial charge in [-0.05, 0) is 42.9 Å². The van der Waals surface area contributed by atoms with Crippen molar-refractivity contribution in [3.63, 3.8) is 0 Å². The Labute approximate surface area is 129 Å². The van der Waals surface area contributed by atoms with E-state index in [1.54, 1.807) is 0 Å². The molecule has 2 nitrogen and oxygen atoms in total. The molecule has 0 fully saturated rings. The predicted octanol–water partition coefficient (Wildman–Crippen LogP) is 5.40. The molecule has 0 aliphatic rings. The van der Waals surface area contributed by atoms with Gasteiger partial charge >= 0.3 is 5.97 Å². The van der Waals surface area contributed by atoms with Crippen LogP contribution in [0.2, 0.25) is 0 Å². The summed E-state index contributed by atoms with van der Waals surface area (Å²) in [6.45, 7) is 7.01. The molecule has 0 aromatic heterocycles. The molecule has 21 heavy (non-hydrogen) atoms. The van der Waals surface area contributed by atoms with E-state index in [-0.39, 0.29) is 5.97 Å². The van der Waals surface area contributed by atoms with Gasteiger partial charge in [-0.15, -0.1) is 0 Å². The third-order valence-corrected chi connectivity index (χ3v) is 3.79. The molecule has 0 bridgehead atoms. The molecular weight excluding hydrogens is 260 g/mol. The van der Waals surface area contributed by atoms with E-state index in [1.165, 1.54) is 31.2 Å². The van der Waals surface area contributed by atoms with Crippen molar-refractivity contribution >= 4 is 5.97 Å². The molecule has 0 amide bonds. The summed E-state index contributed by atoms with van der Waals surface area (Å²) >= 11 is 0. The number of benzene rings is 1. The van der Waals surface area contributed by atoms with Crippen LogP contribution in [0.3, 0.4) is 0 Å². The number of ether oxygens (including phenoxy) is 1. The summed E-state index contributed by atoms with van der Waals surface area (Å²) in [7, 11) is 0. The first-order valence-corrected chi connectivity index (χ1v) is 8.43. The standard InChI is InChI=1S/C19H30O2/c1-4-6-7-8-10-17-11-13-18(14-12-17)19(20)21-15-16(3)9-5-2/h11-14,16H,4-10,15H2,1-3H3. The molecule has 0 spiro atoms. The van der Waals surface area contributed by atoms with Crippen molar-refractivity contribution in [3.05, 3.63) is 35.4 Å². The van der Waals surface area contributed by atoms with Gasteiger partial charge in [0.2, 0.25) is 0 Å². The fraction of sp³-hybridized carbons (Fsp3) is 0.632. The van der Waals surface area contributed by atoms with Crippen LogP contribution in [0.1, 0.15) is 75.2 Å². The van der Waals surface area contributed by atoms with Gasteiger partial charge in [-0.3, -0.25) is 0 Å². The van der Waals surface area contributed by atoms with Gasteiger partial charge in [0.15, 0.2) is 0 Å². The maximum Gasteiger partial charge on any atom is 0.338 e. The Morgan fingerprint density at radius 3 is 2.38 bits per heavy atom. The average Bonchev–Trinajstić information content (AvgIpc) is 2.50. The fourth-order valence-electron chi connectivity index (χ4n) is 2.44. The molecule has 0 aliphatic heterocycles. The van der Waals surface area contributed by atoms with Crippen LogP contribution in [-0.2, 0) is 11.2 Å². The van der Waals surface area contributed by atoms with Gasteiger partial charge in [0.05, 0.1) is 12.2 Å². The van der Waals surface area contributed by atoms with Gasteiger partial charge in [0, 0.05) is 0 Å². The number of rotatable bonds is 10. The van der Waals surface area contributed by atoms with Gasteiger partial charge in [0.1, 0.15) is 0 Å². The smallest absolute Gasteiger partial charge is 0.338 e. The monoisotopic (exact) mass is 290 g/mol. The first-order valence-electron chi connectivity index (χ1n) is 8.43. The Morgan fingerprint density at radius 2 is 1.76 bits per heavy atom. The van der Waals surface area contributed by atoms with Crippen LogP contribution in [0.4, 0.5) is 0 Å². The topological polar surface area (TPSA) is 26.3 Å². The second kappa shape index (κ2) is 10.4. The van der Waals surface area contributed by atoms with E-state index in [9.17, 15) is 4.79 Å². The molecule has 1 aromatic rings. The minimum absolute atomic E-state index is 0.199. The van der Waals surface area contributed by atoms with Crippen molar-refractivity contribution < 1.29 is 9.53 Å². The Kier molecular flexibility index (Phi) is 8.80. The van der Waals surface area contributed by atoms with E-state index >= 15 is 0 Å². The van der Waals surface area contributed by atoms with Crippen LogP contribution < -0.4 is 0 Å². The molecule has 0 radical (unpaired) electrons. The zero-order valence-electron chi connectivity index (χ0n) is 13.9. The number of unbranched alkanes of at least 4 members (excludes halogenated alkanes) is 3. The molecule has 118 valence electrons. The van der Waals surface area contributed by atoms with Crippen molar-refractivity contribution in [1.82, 2.24) is 0 Å². The maximum atomic E-state index is 11.9. The van der Waals surface area contributed by atoms with Gasteiger partial charge in [-0.1, -0.05) is 58.6 Å². The highest BCUT2D eigenvalue weighted by atomic mass is 16.5. The lowest BCUT2D eigenvalue weighted by molar-refractivity contribution is 0.0443. The summed E-state index contributed by atoms with van der Waals surface area (Å²) in [5.74, 6) is 0.243. The van der Waals surface area contributed by atoms with E-state index in [0.29, 0.717) is 18.1 Å². The van der Waals surface area contributed by atoms with E-state index in [4.69, 9.17) is 4.74 Å². The Morgan fingerprint density at radius 1 is 1.05 bits per heavy atom. The third-order valence-electron chi connectivity index (χ3n) is 3.79. The minimum atomic E-state index is -0.199. The van der Waals surface area contributed by atoms with Gasteiger partial charge in [-0.25, -0.2) is 4.79 Å². The molecular formula is C19H30O2. The fourth-order valence-corrected chi connectivity index (χ4v) is 2.44. The van der Waals surface area contributed by atoms with Crippen LogP contribution in [0.15, 0.2) is 24.3 Å². The largest absolute Gasteiger partial charge is 0.462 e. The van der Waals surface area contributed by atoms with Crippen molar-refractivity contribution in [2.24, 2.45) is 5.92 Å². The molecule has 2 heteroatoms. The summed E-state index contributed by atoms with van der Waals surface area (Å²) in [4.78, 5) is 11.9. The molecule has 1 unspecified atom stereocenters. The first-order chi connectivity index (χ1) is 10.2. The van der Waals surface area contributed by atoms with Gasteiger partial charge in [0.25, 0.3) is 0 Å². The van der Waals surface area contributed by atoms with Gasteiger partial charge in [-0.2, -0.15) is 0 Å². The summed E-state index contributed by atoms with van der Waals surface area (Å²) in [5.41, 5.74) is 1.97. The maximum absolute atomic E-state index is 11.9. The highest BCUT2D eigenvalue weighted by Gasteiger charge is 2.09. The first kappa shape index (κ1) is 17.7. The van der Waals surface area contributed by atoms with Crippen molar-refractivity contribution in [1.29, 1.82) is 0 Å². The SMILES string of the molecule is CCCCCCc1ccc(C(=O)OCC(C)CCC)cc1. The summed E-state index contributed by atoms with van der Waals surface area (Å²) in [6, 6.07) is 7.89. The lowest BCUT2D eigenvalue weighted by Crippen LogP contribution is -2.12. The van der Waals surface area contributed by atoms with E-state index in [1.807, 2.05) is 12.1 Å². The molecule has 0 N–H and O–H groups in total. The van der Waals surface area contributed by atoms with Crippen molar-refractivity contribution in [2.75, 3.05) is 6.61 Å². The quantitative estimate of drug-likeness (QED) is 0.426. The summed E-state index contributed by atoms with van der Waals surface area (Å²) in [6.07, 6.45) is 8.42. The Bertz CT molecular complexity index is 395. The number of carbonyl (C=O) groups excluding carboxylic acids is 1. The zero-order valence-corrected chi connectivity index (χ0v) is 13.9. The highest BCUT2D eigenvalue weighted by Crippen LogP contribution is 2.12. The number of aryl methyl sites for hydroxylation is 1. The molecule has 1 rings (SSSR count). The molecule has 0 heterocycles.